The maximum absolute atomic E-state index is 12.3. The zero-order valence-corrected chi connectivity index (χ0v) is 10.4. The van der Waals surface area contributed by atoms with Crippen LogP contribution < -0.4 is 5.32 Å². The van der Waals surface area contributed by atoms with Gasteiger partial charge in [0.2, 0.25) is 0 Å². The number of piperidine rings is 1. The Kier molecular flexibility index (Phi) is 2.88. The van der Waals surface area contributed by atoms with Crippen LogP contribution in [0.2, 0.25) is 0 Å². The third-order valence-corrected chi connectivity index (χ3v) is 3.45. The molecule has 1 aliphatic heterocycles. The minimum absolute atomic E-state index is 0.0974. The number of Topliss-reactive ketones (excluding diaryl/α,β-unsaturated/α-hetero) is 1. The van der Waals surface area contributed by atoms with E-state index in [0.29, 0.717) is 11.5 Å². The molecule has 1 aromatic carbocycles. The maximum Gasteiger partial charge on any atom is 0.192 e. The van der Waals surface area contributed by atoms with E-state index in [1.165, 1.54) is 0 Å². The van der Waals surface area contributed by atoms with Crippen molar-refractivity contribution in [3.8, 4) is 0 Å². The molecule has 18 heavy (non-hydrogen) atoms. The normalized spacial score (nSPS) is 20.2. The number of benzene rings is 1. The summed E-state index contributed by atoms with van der Waals surface area (Å²) < 4.78 is 5.47. The van der Waals surface area contributed by atoms with Crippen molar-refractivity contribution < 1.29 is 9.21 Å². The third-order valence-electron chi connectivity index (χ3n) is 3.45. The SMILES string of the molecule is Cc1nc2ccc(C(=O)C3CCCNC3)cc2o1. The number of rotatable bonds is 2. The zero-order chi connectivity index (χ0) is 12.5. The van der Waals surface area contributed by atoms with E-state index in [1.807, 2.05) is 25.1 Å². The van der Waals surface area contributed by atoms with E-state index in [1.54, 1.807) is 0 Å². The minimum Gasteiger partial charge on any atom is -0.441 e. The van der Waals surface area contributed by atoms with E-state index in [2.05, 4.69) is 10.3 Å². The van der Waals surface area contributed by atoms with Gasteiger partial charge in [-0.2, -0.15) is 0 Å². The number of hydrogen-bond donors (Lipinski definition) is 1. The van der Waals surface area contributed by atoms with Crippen LogP contribution >= 0.6 is 0 Å². The van der Waals surface area contributed by atoms with Crippen LogP contribution in [-0.4, -0.2) is 23.9 Å². The van der Waals surface area contributed by atoms with Crippen LogP contribution in [0, 0.1) is 12.8 Å². The van der Waals surface area contributed by atoms with E-state index < -0.39 is 0 Å². The maximum atomic E-state index is 12.3. The Morgan fingerprint density at radius 3 is 3.17 bits per heavy atom. The fourth-order valence-corrected chi connectivity index (χ4v) is 2.50. The highest BCUT2D eigenvalue weighted by atomic mass is 16.3. The van der Waals surface area contributed by atoms with Crippen LogP contribution in [0.15, 0.2) is 22.6 Å². The molecule has 1 N–H and O–H groups in total. The second-order valence-electron chi connectivity index (χ2n) is 4.82. The predicted molar refractivity (Wildman–Crippen MR) is 68.7 cm³/mol. The predicted octanol–water partition coefficient (Wildman–Crippen LogP) is 2.32. The molecule has 4 heteroatoms. The standard InChI is InChI=1S/C14H16N2O2/c1-9-16-12-5-4-10(7-13(12)18-9)14(17)11-3-2-6-15-8-11/h4-5,7,11,15H,2-3,6,8H2,1H3. The van der Waals surface area contributed by atoms with E-state index in [4.69, 9.17) is 4.42 Å². The lowest BCUT2D eigenvalue weighted by molar-refractivity contribution is 0.0899. The van der Waals surface area contributed by atoms with Gasteiger partial charge >= 0.3 is 0 Å². The first-order chi connectivity index (χ1) is 8.74. The summed E-state index contributed by atoms with van der Waals surface area (Å²) in [6.45, 7) is 3.61. The number of oxazole rings is 1. The Bertz CT molecular complexity index is 582. The number of nitrogens with one attached hydrogen (secondary N) is 1. The number of hydrogen-bond acceptors (Lipinski definition) is 4. The smallest absolute Gasteiger partial charge is 0.192 e. The lowest BCUT2D eigenvalue weighted by Gasteiger charge is -2.21. The van der Waals surface area contributed by atoms with Crippen molar-refractivity contribution in [1.82, 2.24) is 10.3 Å². The molecule has 2 aromatic rings. The van der Waals surface area contributed by atoms with Crippen LogP contribution in [0.4, 0.5) is 0 Å². The van der Waals surface area contributed by atoms with Gasteiger partial charge < -0.3 is 9.73 Å². The van der Waals surface area contributed by atoms with Crippen LogP contribution in [-0.2, 0) is 0 Å². The first-order valence-corrected chi connectivity index (χ1v) is 6.36. The van der Waals surface area contributed by atoms with Gasteiger partial charge in [-0.15, -0.1) is 0 Å². The molecule has 3 rings (SSSR count). The summed E-state index contributed by atoms with van der Waals surface area (Å²) in [6.07, 6.45) is 2.04. The molecule has 0 saturated carbocycles. The van der Waals surface area contributed by atoms with E-state index in [0.717, 1.165) is 37.0 Å². The lowest BCUT2D eigenvalue weighted by Crippen LogP contribution is -2.34. The van der Waals surface area contributed by atoms with Gasteiger partial charge in [0, 0.05) is 24.9 Å². The van der Waals surface area contributed by atoms with Gasteiger partial charge in [0.1, 0.15) is 5.52 Å². The van der Waals surface area contributed by atoms with E-state index >= 15 is 0 Å². The molecule has 2 heterocycles. The Labute approximate surface area is 105 Å². The van der Waals surface area contributed by atoms with Crippen molar-refractivity contribution in [3.63, 3.8) is 0 Å². The highest BCUT2D eigenvalue weighted by Crippen LogP contribution is 2.21. The van der Waals surface area contributed by atoms with Crippen LogP contribution in [0.3, 0.4) is 0 Å². The Morgan fingerprint density at radius 2 is 2.39 bits per heavy atom. The first-order valence-electron chi connectivity index (χ1n) is 6.36. The molecular formula is C14H16N2O2. The molecule has 0 aliphatic carbocycles. The molecule has 1 aliphatic rings. The monoisotopic (exact) mass is 244 g/mol. The Hall–Kier alpha value is -1.68. The number of fused-ring (bicyclic) bond motifs is 1. The number of nitrogens with zero attached hydrogens (tertiary/aromatic N) is 1. The molecule has 0 bridgehead atoms. The van der Waals surface area contributed by atoms with Crippen molar-refractivity contribution >= 4 is 16.9 Å². The topological polar surface area (TPSA) is 55.1 Å². The molecule has 94 valence electrons. The average molecular weight is 244 g/mol. The number of aryl methyl sites for hydroxylation is 1. The molecular weight excluding hydrogens is 228 g/mol. The molecule has 1 saturated heterocycles. The highest BCUT2D eigenvalue weighted by Gasteiger charge is 2.22. The first kappa shape index (κ1) is 11.4. The number of aromatic nitrogens is 1. The van der Waals surface area contributed by atoms with Crippen LogP contribution in [0.1, 0.15) is 29.1 Å². The van der Waals surface area contributed by atoms with E-state index in [-0.39, 0.29) is 11.7 Å². The molecule has 1 aromatic heterocycles. The largest absolute Gasteiger partial charge is 0.441 e. The highest BCUT2D eigenvalue weighted by molar-refractivity contribution is 6.00. The van der Waals surface area contributed by atoms with Crippen molar-refractivity contribution in [1.29, 1.82) is 0 Å². The molecule has 0 radical (unpaired) electrons. The molecule has 4 nitrogen and oxygen atoms in total. The zero-order valence-electron chi connectivity index (χ0n) is 10.4. The third kappa shape index (κ3) is 2.04. The number of ketones is 1. The summed E-state index contributed by atoms with van der Waals surface area (Å²) in [5.41, 5.74) is 2.24. The summed E-state index contributed by atoms with van der Waals surface area (Å²) in [5, 5.41) is 3.27. The molecule has 1 atom stereocenters. The number of carbonyl (C=O) groups is 1. The van der Waals surface area contributed by atoms with Gasteiger partial charge in [-0.1, -0.05) is 0 Å². The van der Waals surface area contributed by atoms with Gasteiger partial charge in [0.15, 0.2) is 17.3 Å². The summed E-state index contributed by atoms with van der Waals surface area (Å²) in [5.74, 6) is 0.937. The van der Waals surface area contributed by atoms with Gasteiger partial charge in [0.25, 0.3) is 0 Å². The molecule has 1 fully saturated rings. The fraction of sp³-hybridized carbons (Fsp3) is 0.429. The molecule has 0 spiro atoms. The van der Waals surface area contributed by atoms with Crippen LogP contribution in [0.5, 0.6) is 0 Å². The van der Waals surface area contributed by atoms with Gasteiger partial charge in [-0.3, -0.25) is 4.79 Å². The Balaban J connectivity index is 1.90. The quantitative estimate of drug-likeness (QED) is 0.824. The summed E-state index contributed by atoms with van der Waals surface area (Å²) in [7, 11) is 0. The summed E-state index contributed by atoms with van der Waals surface area (Å²) in [4.78, 5) is 16.6. The van der Waals surface area contributed by atoms with Gasteiger partial charge in [-0.05, 0) is 37.6 Å². The second kappa shape index (κ2) is 4.53. The van der Waals surface area contributed by atoms with Gasteiger partial charge in [0.05, 0.1) is 0 Å². The fourth-order valence-electron chi connectivity index (χ4n) is 2.50. The van der Waals surface area contributed by atoms with Gasteiger partial charge in [-0.25, -0.2) is 4.98 Å². The summed E-state index contributed by atoms with van der Waals surface area (Å²) >= 11 is 0. The van der Waals surface area contributed by atoms with Crippen molar-refractivity contribution in [3.05, 3.63) is 29.7 Å². The second-order valence-corrected chi connectivity index (χ2v) is 4.82. The minimum atomic E-state index is 0.0974. The van der Waals surface area contributed by atoms with Crippen molar-refractivity contribution in [2.45, 2.75) is 19.8 Å². The lowest BCUT2D eigenvalue weighted by atomic mass is 9.91. The molecule has 1 unspecified atom stereocenters. The number of carbonyl (C=O) groups excluding carboxylic acids is 1. The van der Waals surface area contributed by atoms with E-state index in [9.17, 15) is 4.79 Å². The summed E-state index contributed by atoms with van der Waals surface area (Å²) in [6, 6.07) is 5.52. The van der Waals surface area contributed by atoms with Crippen molar-refractivity contribution in [2.24, 2.45) is 5.92 Å². The van der Waals surface area contributed by atoms with Crippen LogP contribution in [0.25, 0.3) is 11.1 Å². The van der Waals surface area contributed by atoms with Crippen molar-refractivity contribution in [2.75, 3.05) is 13.1 Å². The average Bonchev–Trinajstić information content (AvgIpc) is 2.78. The molecule has 0 amide bonds. The Morgan fingerprint density at radius 1 is 1.50 bits per heavy atom.